The third-order valence-corrected chi connectivity index (χ3v) is 6.54. The van der Waals surface area contributed by atoms with Crippen LogP contribution in [-0.4, -0.2) is 48.7 Å². The number of nitrogens with two attached hydrogens (primary N) is 1. The van der Waals surface area contributed by atoms with Crippen molar-refractivity contribution in [3.63, 3.8) is 0 Å². The number of aliphatic hydroxyl groups excluding tert-OH is 1. The fraction of sp³-hybridized carbons (Fsp3) is 0.458. The number of fused-ring (bicyclic) bond motifs is 1. The predicted octanol–water partition coefficient (Wildman–Crippen LogP) is 3.10. The van der Waals surface area contributed by atoms with E-state index >= 15 is 4.39 Å². The Hall–Kier alpha value is -2.95. The number of hydrogen-bond donors (Lipinski definition) is 4. The minimum atomic E-state index is -1.88. The van der Waals surface area contributed by atoms with Gasteiger partial charge in [-0.15, -0.1) is 0 Å². The van der Waals surface area contributed by atoms with E-state index in [1.807, 2.05) is 0 Å². The second kappa shape index (κ2) is 9.25. The second-order valence-corrected chi connectivity index (χ2v) is 9.70. The zero-order valence-corrected chi connectivity index (χ0v) is 20.7. The smallest absolute Gasteiger partial charge is 0.258 e. The standard InChI is InChI=1S/C24H29ClFN5O4/c1-11(2)35-20-13(24(4,34)23-29-12(3)19-21(27)28-8-9-31(19)23)10-14(25)18(26)17(20)22(33)30-15-6-5-7-16(15)32/h8-11,15-16,32,34H,5-7H2,1-4H3,(H2,27,28)(H,30,33)/t15-,16+,24?/m0/s1. The summed E-state index contributed by atoms with van der Waals surface area (Å²) >= 11 is 6.23. The Morgan fingerprint density at radius 3 is 2.77 bits per heavy atom. The van der Waals surface area contributed by atoms with Crippen LogP contribution in [0.1, 0.15) is 67.5 Å². The SMILES string of the molecule is Cc1nc(C(C)(O)c2cc(Cl)c(F)c(C(=O)N[C@H]3CCC[C@H]3O)c2OC(C)C)n2ccnc(N)c12. The van der Waals surface area contributed by atoms with E-state index in [4.69, 9.17) is 22.1 Å². The van der Waals surface area contributed by atoms with Crippen LogP contribution in [-0.2, 0) is 5.60 Å². The number of aryl methyl sites for hydroxylation is 1. The molecule has 3 aromatic rings. The van der Waals surface area contributed by atoms with Gasteiger partial charge in [0.25, 0.3) is 5.91 Å². The van der Waals surface area contributed by atoms with Crippen molar-refractivity contribution in [1.29, 1.82) is 0 Å². The molecule has 1 saturated carbocycles. The van der Waals surface area contributed by atoms with Gasteiger partial charge in [-0.3, -0.25) is 9.20 Å². The zero-order chi connectivity index (χ0) is 25.7. The number of nitrogen functional groups attached to an aromatic ring is 1. The third kappa shape index (κ3) is 4.41. The number of hydrogen-bond acceptors (Lipinski definition) is 7. The van der Waals surface area contributed by atoms with E-state index in [1.54, 1.807) is 31.4 Å². The minimum absolute atomic E-state index is 0.0528. The van der Waals surface area contributed by atoms with Crippen molar-refractivity contribution < 1.29 is 24.1 Å². The minimum Gasteiger partial charge on any atom is -0.490 e. The van der Waals surface area contributed by atoms with E-state index < -0.39 is 41.1 Å². The number of halogens is 2. The van der Waals surface area contributed by atoms with Gasteiger partial charge in [-0.1, -0.05) is 11.6 Å². The van der Waals surface area contributed by atoms with Crippen LogP contribution in [0.3, 0.4) is 0 Å². The Labute approximate surface area is 207 Å². The molecule has 3 atom stereocenters. The normalized spacial score (nSPS) is 19.8. The van der Waals surface area contributed by atoms with Crippen molar-refractivity contribution in [2.24, 2.45) is 0 Å². The largest absolute Gasteiger partial charge is 0.490 e. The molecule has 2 heterocycles. The number of rotatable bonds is 6. The number of imidazole rings is 1. The lowest BCUT2D eigenvalue weighted by Gasteiger charge is -2.28. The summed E-state index contributed by atoms with van der Waals surface area (Å²) in [7, 11) is 0. The summed E-state index contributed by atoms with van der Waals surface area (Å²) < 4.78 is 22.9. The van der Waals surface area contributed by atoms with Crippen molar-refractivity contribution in [1.82, 2.24) is 19.7 Å². The summed E-state index contributed by atoms with van der Waals surface area (Å²) in [5.74, 6) is -1.54. The number of nitrogens with zero attached hydrogens (tertiary/aromatic N) is 3. The molecule has 0 bridgehead atoms. The first-order chi connectivity index (χ1) is 16.4. The highest BCUT2D eigenvalue weighted by Gasteiger charge is 2.39. The molecule has 0 spiro atoms. The van der Waals surface area contributed by atoms with Crippen molar-refractivity contribution in [2.45, 2.75) is 70.8 Å². The molecule has 9 nitrogen and oxygen atoms in total. The van der Waals surface area contributed by atoms with Crippen LogP contribution in [0.5, 0.6) is 5.75 Å². The Balaban J connectivity index is 1.92. The van der Waals surface area contributed by atoms with Crippen LogP contribution in [0, 0.1) is 12.7 Å². The van der Waals surface area contributed by atoms with Gasteiger partial charge in [-0.05, 0) is 53.0 Å². The number of benzene rings is 1. The second-order valence-electron chi connectivity index (χ2n) is 9.29. The van der Waals surface area contributed by atoms with Crippen molar-refractivity contribution in [3.05, 3.63) is 51.9 Å². The number of carbonyl (C=O) groups is 1. The molecule has 0 aliphatic heterocycles. The lowest BCUT2D eigenvalue weighted by atomic mass is 9.91. The molecule has 0 saturated heterocycles. The monoisotopic (exact) mass is 505 g/mol. The first kappa shape index (κ1) is 25.2. The van der Waals surface area contributed by atoms with Crippen LogP contribution in [0.25, 0.3) is 5.52 Å². The van der Waals surface area contributed by atoms with Crippen LogP contribution < -0.4 is 15.8 Å². The molecule has 11 heteroatoms. The molecule has 188 valence electrons. The van der Waals surface area contributed by atoms with Gasteiger partial charge in [0, 0.05) is 18.0 Å². The average Bonchev–Trinajstić information content (AvgIpc) is 3.34. The van der Waals surface area contributed by atoms with Gasteiger partial charge in [0.1, 0.15) is 34.1 Å². The maximum absolute atomic E-state index is 15.4. The molecule has 0 radical (unpaired) electrons. The summed E-state index contributed by atoms with van der Waals surface area (Å²) in [4.78, 5) is 21.9. The fourth-order valence-electron chi connectivity index (χ4n) is 4.59. The molecule has 1 aromatic carbocycles. The molecular weight excluding hydrogens is 477 g/mol. The fourth-order valence-corrected chi connectivity index (χ4v) is 4.79. The summed E-state index contributed by atoms with van der Waals surface area (Å²) in [5.41, 5.74) is 4.79. The molecule has 4 rings (SSSR count). The van der Waals surface area contributed by atoms with E-state index in [1.165, 1.54) is 19.2 Å². The average molecular weight is 506 g/mol. The first-order valence-electron chi connectivity index (χ1n) is 11.4. The van der Waals surface area contributed by atoms with Gasteiger partial charge in [0.15, 0.2) is 5.82 Å². The molecule has 1 aliphatic carbocycles. The van der Waals surface area contributed by atoms with Crippen molar-refractivity contribution >= 4 is 28.8 Å². The zero-order valence-electron chi connectivity index (χ0n) is 20.0. The molecular formula is C24H29ClFN5O4. The number of nitrogens with one attached hydrogen (secondary N) is 1. The molecule has 2 aromatic heterocycles. The van der Waals surface area contributed by atoms with Crippen LogP contribution in [0.15, 0.2) is 18.5 Å². The molecule has 35 heavy (non-hydrogen) atoms. The van der Waals surface area contributed by atoms with Crippen LogP contribution in [0.2, 0.25) is 5.02 Å². The van der Waals surface area contributed by atoms with Crippen LogP contribution >= 0.6 is 11.6 Å². The van der Waals surface area contributed by atoms with Gasteiger partial charge in [-0.2, -0.15) is 0 Å². The molecule has 5 N–H and O–H groups in total. The first-order valence-corrected chi connectivity index (χ1v) is 11.8. The quantitative estimate of drug-likeness (QED) is 0.404. The maximum atomic E-state index is 15.4. The maximum Gasteiger partial charge on any atom is 0.258 e. The van der Waals surface area contributed by atoms with Crippen molar-refractivity contribution in [2.75, 3.05) is 5.73 Å². The van der Waals surface area contributed by atoms with Crippen LogP contribution in [0.4, 0.5) is 10.2 Å². The highest BCUT2D eigenvalue weighted by atomic mass is 35.5. The van der Waals surface area contributed by atoms with E-state index in [0.29, 0.717) is 24.1 Å². The van der Waals surface area contributed by atoms with Gasteiger partial charge in [-0.25, -0.2) is 14.4 Å². The van der Waals surface area contributed by atoms with E-state index in [-0.39, 0.29) is 28.0 Å². The number of aromatic nitrogens is 3. The van der Waals surface area contributed by atoms with Gasteiger partial charge >= 0.3 is 0 Å². The molecule has 1 amide bonds. The van der Waals surface area contributed by atoms with Gasteiger partial charge < -0.3 is 26.0 Å². The number of aliphatic hydroxyl groups is 2. The molecule has 1 unspecified atom stereocenters. The third-order valence-electron chi connectivity index (χ3n) is 6.27. The Bertz CT molecular complexity index is 1290. The topological polar surface area (TPSA) is 135 Å². The van der Waals surface area contributed by atoms with E-state index in [9.17, 15) is 15.0 Å². The lowest BCUT2D eigenvalue weighted by molar-refractivity contribution is 0.0821. The molecule has 1 aliphatic rings. The number of carbonyl (C=O) groups excluding carboxylic acids is 1. The number of anilines is 1. The summed E-state index contributed by atoms with van der Waals surface area (Å²) in [6.07, 6.45) is 3.72. The Kier molecular flexibility index (Phi) is 6.65. The summed E-state index contributed by atoms with van der Waals surface area (Å²) in [6, 6.07) is 0.711. The van der Waals surface area contributed by atoms with Gasteiger partial charge in [0.05, 0.1) is 29.0 Å². The molecule has 1 fully saturated rings. The number of amides is 1. The lowest BCUT2D eigenvalue weighted by Crippen LogP contribution is -2.40. The van der Waals surface area contributed by atoms with Crippen molar-refractivity contribution in [3.8, 4) is 5.75 Å². The Morgan fingerprint density at radius 2 is 2.14 bits per heavy atom. The van der Waals surface area contributed by atoms with E-state index in [2.05, 4.69) is 15.3 Å². The highest BCUT2D eigenvalue weighted by Crippen LogP contribution is 2.42. The summed E-state index contributed by atoms with van der Waals surface area (Å²) in [6.45, 7) is 6.61. The Morgan fingerprint density at radius 1 is 1.43 bits per heavy atom. The number of ether oxygens (including phenoxy) is 1. The highest BCUT2D eigenvalue weighted by molar-refractivity contribution is 6.31. The van der Waals surface area contributed by atoms with E-state index in [0.717, 1.165) is 6.42 Å². The summed E-state index contributed by atoms with van der Waals surface area (Å²) in [5, 5.41) is 24.3. The predicted molar refractivity (Wildman–Crippen MR) is 129 cm³/mol. The van der Waals surface area contributed by atoms with Gasteiger partial charge in [0.2, 0.25) is 0 Å².